The Kier molecular flexibility index (Phi) is 4.36. The van der Waals surface area contributed by atoms with Gasteiger partial charge in [0.25, 0.3) is 0 Å². The molecule has 1 spiro atoms. The van der Waals surface area contributed by atoms with Gasteiger partial charge in [-0.1, -0.05) is 18.2 Å². The van der Waals surface area contributed by atoms with Gasteiger partial charge in [-0.25, -0.2) is 0 Å². The topological polar surface area (TPSA) is 44.5 Å². The van der Waals surface area contributed by atoms with E-state index < -0.39 is 0 Å². The Balaban J connectivity index is 1.67. The fourth-order valence-corrected chi connectivity index (χ4v) is 4.52. The van der Waals surface area contributed by atoms with Crippen LogP contribution in [0.2, 0.25) is 0 Å². The highest BCUT2D eigenvalue weighted by Gasteiger charge is 2.47. The maximum Gasteiger partial charge on any atom is 0.169 e. The Hall–Kier alpha value is -0.550. The van der Waals surface area contributed by atoms with Gasteiger partial charge in [-0.05, 0) is 36.9 Å². The molecule has 2 N–H and O–H groups in total. The lowest BCUT2D eigenvalue weighted by molar-refractivity contribution is -0.198. The molecule has 0 amide bonds. The molecule has 3 rings (SSSR count). The second-order valence-electron chi connectivity index (χ2n) is 5.94. The van der Waals surface area contributed by atoms with Gasteiger partial charge in [0.05, 0.1) is 13.2 Å². The lowest BCUT2D eigenvalue weighted by Crippen LogP contribution is -2.47. The molecule has 1 saturated heterocycles. The van der Waals surface area contributed by atoms with Crippen molar-refractivity contribution in [2.75, 3.05) is 25.5 Å². The molecule has 2 fully saturated rings. The first-order chi connectivity index (χ1) is 9.76. The zero-order valence-corrected chi connectivity index (χ0v) is 12.7. The van der Waals surface area contributed by atoms with Crippen molar-refractivity contribution in [3.8, 4) is 0 Å². The van der Waals surface area contributed by atoms with Gasteiger partial charge in [0.1, 0.15) is 0 Å². The Morgan fingerprint density at radius 2 is 1.85 bits per heavy atom. The van der Waals surface area contributed by atoms with E-state index in [4.69, 9.17) is 15.2 Å². The minimum atomic E-state index is -0.338. The first-order valence-electron chi connectivity index (χ1n) is 7.42. The molecular formula is C16H23NO2S. The van der Waals surface area contributed by atoms with E-state index >= 15 is 0 Å². The van der Waals surface area contributed by atoms with Gasteiger partial charge < -0.3 is 15.2 Å². The number of ether oxygens (including phenoxy) is 2. The number of nitrogens with two attached hydrogens (primary N) is 1. The predicted octanol–water partition coefficient (Wildman–Crippen LogP) is 3.04. The smallest absolute Gasteiger partial charge is 0.169 e. The first kappa shape index (κ1) is 14.4. The highest BCUT2D eigenvalue weighted by Crippen LogP contribution is 2.47. The lowest BCUT2D eigenvalue weighted by atomic mass is 9.72. The van der Waals surface area contributed by atoms with Crippen molar-refractivity contribution in [1.82, 2.24) is 0 Å². The SMILES string of the molecule is NCC1(CSc2ccccc2)CCCC2(C1)OCCO2. The van der Waals surface area contributed by atoms with Crippen molar-refractivity contribution in [3.63, 3.8) is 0 Å². The largest absolute Gasteiger partial charge is 0.348 e. The maximum atomic E-state index is 6.13. The van der Waals surface area contributed by atoms with Crippen molar-refractivity contribution in [2.45, 2.75) is 36.4 Å². The Morgan fingerprint density at radius 1 is 1.10 bits per heavy atom. The van der Waals surface area contributed by atoms with E-state index in [0.29, 0.717) is 6.54 Å². The van der Waals surface area contributed by atoms with E-state index in [0.717, 1.165) is 38.2 Å². The molecule has 1 aromatic carbocycles. The summed E-state index contributed by atoms with van der Waals surface area (Å²) in [4.78, 5) is 1.31. The summed E-state index contributed by atoms with van der Waals surface area (Å²) in [5.74, 6) is 0.705. The fraction of sp³-hybridized carbons (Fsp3) is 0.625. The van der Waals surface area contributed by atoms with E-state index in [9.17, 15) is 0 Å². The molecule has 0 radical (unpaired) electrons. The minimum absolute atomic E-state index is 0.142. The third-order valence-electron chi connectivity index (χ3n) is 4.44. The second kappa shape index (κ2) is 6.06. The summed E-state index contributed by atoms with van der Waals surface area (Å²) in [6.45, 7) is 2.17. The molecular weight excluding hydrogens is 270 g/mol. The van der Waals surface area contributed by atoms with Crippen LogP contribution in [0.25, 0.3) is 0 Å². The summed E-state index contributed by atoms with van der Waals surface area (Å²) < 4.78 is 11.8. The predicted molar refractivity (Wildman–Crippen MR) is 81.8 cm³/mol. The van der Waals surface area contributed by atoms with Crippen molar-refractivity contribution in [1.29, 1.82) is 0 Å². The molecule has 1 atom stereocenters. The minimum Gasteiger partial charge on any atom is -0.348 e. The van der Waals surface area contributed by atoms with Crippen LogP contribution in [0.1, 0.15) is 25.7 Å². The first-order valence-corrected chi connectivity index (χ1v) is 8.40. The monoisotopic (exact) mass is 293 g/mol. The summed E-state index contributed by atoms with van der Waals surface area (Å²) in [7, 11) is 0. The van der Waals surface area contributed by atoms with E-state index in [1.165, 1.54) is 11.3 Å². The molecule has 0 bridgehead atoms. The molecule has 1 saturated carbocycles. The van der Waals surface area contributed by atoms with Crippen LogP contribution in [0.15, 0.2) is 35.2 Å². The number of thioether (sulfide) groups is 1. The van der Waals surface area contributed by atoms with Gasteiger partial charge in [0, 0.05) is 23.5 Å². The molecule has 1 aliphatic carbocycles. The average molecular weight is 293 g/mol. The van der Waals surface area contributed by atoms with Crippen LogP contribution in [0.4, 0.5) is 0 Å². The van der Waals surface area contributed by atoms with E-state index in [1.54, 1.807) is 0 Å². The van der Waals surface area contributed by atoms with Crippen LogP contribution in [0.5, 0.6) is 0 Å². The quantitative estimate of drug-likeness (QED) is 0.867. The summed E-state index contributed by atoms with van der Waals surface area (Å²) in [5, 5.41) is 0. The number of hydrogen-bond donors (Lipinski definition) is 1. The fourth-order valence-electron chi connectivity index (χ4n) is 3.33. The average Bonchev–Trinajstić information content (AvgIpc) is 2.94. The van der Waals surface area contributed by atoms with Crippen LogP contribution < -0.4 is 5.73 Å². The molecule has 0 aromatic heterocycles. The molecule has 20 heavy (non-hydrogen) atoms. The maximum absolute atomic E-state index is 6.13. The molecule has 3 nitrogen and oxygen atoms in total. The number of benzene rings is 1. The second-order valence-corrected chi connectivity index (χ2v) is 6.99. The highest BCUT2D eigenvalue weighted by atomic mass is 32.2. The standard InChI is InChI=1S/C16H23NO2S/c17-12-15(13-20-14-5-2-1-3-6-14)7-4-8-16(11-15)18-9-10-19-16/h1-3,5-6H,4,7-13,17H2. The normalized spacial score (nSPS) is 28.9. The molecule has 110 valence electrons. The van der Waals surface area contributed by atoms with E-state index in [-0.39, 0.29) is 11.2 Å². The van der Waals surface area contributed by atoms with Gasteiger partial charge in [-0.15, -0.1) is 11.8 Å². The van der Waals surface area contributed by atoms with Crippen LogP contribution in [0, 0.1) is 5.41 Å². The zero-order valence-electron chi connectivity index (χ0n) is 11.8. The lowest BCUT2D eigenvalue weighted by Gasteiger charge is -2.44. The molecule has 1 aromatic rings. The van der Waals surface area contributed by atoms with Crippen molar-refractivity contribution in [3.05, 3.63) is 30.3 Å². The van der Waals surface area contributed by atoms with Crippen LogP contribution >= 0.6 is 11.8 Å². The van der Waals surface area contributed by atoms with Gasteiger partial charge in [-0.2, -0.15) is 0 Å². The summed E-state index contributed by atoms with van der Waals surface area (Å²) in [6, 6.07) is 10.6. The van der Waals surface area contributed by atoms with Crippen molar-refractivity contribution >= 4 is 11.8 Å². The number of hydrogen-bond acceptors (Lipinski definition) is 4. The Bertz CT molecular complexity index is 433. The van der Waals surface area contributed by atoms with Crippen LogP contribution in [-0.2, 0) is 9.47 Å². The van der Waals surface area contributed by atoms with Crippen LogP contribution in [-0.4, -0.2) is 31.3 Å². The molecule has 1 aliphatic heterocycles. The molecule has 4 heteroatoms. The van der Waals surface area contributed by atoms with E-state index in [1.807, 2.05) is 11.8 Å². The van der Waals surface area contributed by atoms with Crippen molar-refractivity contribution < 1.29 is 9.47 Å². The van der Waals surface area contributed by atoms with Crippen molar-refractivity contribution in [2.24, 2.45) is 11.1 Å². The Morgan fingerprint density at radius 3 is 2.55 bits per heavy atom. The third kappa shape index (κ3) is 3.03. The summed E-state index contributed by atoms with van der Waals surface area (Å²) in [6.07, 6.45) is 4.28. The Labute approximate surface area is 125 Å². The summed E-state index contributed by atoms with van der Waals surface area (Å²) >= 11 is 1.90. The van der Waals surface area contributed by atoms with Gasteiger partial charge in [-0.3, -0.25) is 0 Å². The third-order valence-corrected chi connectivity index (χ3v) is 5.81. The van der Waals surface area contributed by atoms with Gasteiger partial charge in [0.2, 0.25) is 0 Å². The van der Waals surface area contributed by atoms with Gasteiger partial charge >= 0.3 is 0 Å². The molecule has 1 heterocycles. The van der Waals surface area contributed by atoms with Crippen LogP contribution in [0.3, 0.4) is 0 Å². The van der Waals surface area contributed by atoms with E-state index in [2.05, 4.69) is 30.3 Å². The summed E-state index contributed by atoms with van der Waals surface area (Å²) in [5.41, 5.74) is 6.27. The zero-order chi connectivity index (χ0) is 13.9. The van der Waals surface area contributed by atoms with Gasteiger partial charge in [0.15, 0.2) is 5.79 Å². The number of rotatable bonds is 4. The molecule has 2 aliphatic rings. The molecule has 1 unspecified atom stereocenters. The highest BCUT2D eigenvalue weighted by molar-refractivity contribution is 7.99.